The van der Waals surface area contributed by atoms with Crippen LogP contribution in [0.2, 0.25) is 0 Å². The fraction of sp³-hybridized carbons (Fsp3) is 0.222. The van der Waals surface area contributed by atoms with Crippen molar-refractivity contribution in [2.45, 2.75) is 13.5 Å². The number of likely N-dealkylation sites (N-methyl/N-ethyl adjacent to an activating group) is 1. The Labute approximate surface area is 140 Å². The molecule has 0 aliphatic rings. The van der Waals surface area contributed by atoms with E-state index in [2.05, 4.69) is 5.10 Å². The van der Waals surface area contributed by atoms with E-state index in [1.807, 2.05) is 55.6 Å². The Morgan fingerprint density at radius 3 is 2.67 bits per heavy atom. The van der Waals surface area contributed by atoms with Crippen LogP contribution in [0.5, 0.6) is 5.75 Å². The Morgan fingerprint density at radius 1 is 1.25 bits per heavy atom. The van der Waals surface area contributed by atoms with Crippen molar-refractivity contribution in [3.8, 4) is 11.4 Å². The molecule has 6 heteroatoms. The van der Waals surface area contributed by atoms with Crippen LogP contribution in [0.15, 0.2) is 59.3 Å². The lowest BCUT2D eigenvalue weighted by atomic mass is 10.3. The van der Waals surface area contributed by atoms with Crippen molar-refractivity contribution in [2.75, 3.05) is 13.7 Å². The third kappa shape index (κ3) is 3.84. The molecule has 0 N–H and O–H groups in total. The normalized spacial score (nSPS) is 10.6. The van der Waals surface area contributed by atoms with Crippen molar-refractivity contribution in [2.24, 2.45) is 0 Å². The van der Waals surface area contributed by atoms with Crippen LogP contribution in [0.4, 0.5) is 0 Å². The number of carbonyl (C=O) groups is 1. The van der Waals surface area contributed by atoms with Gasteiger partial charge in [-0.3, -0.25) is 4.79 Å². The molecule has 2 heterocycles. The van der Waals surface area contributed by atoms with E-state index in [0.29, 0.717) is 12.3 Å². The maximum Gasteiger partial charge on any atom is 0.260 e. The second-order valence-electron chi connectivity index (χ2n) is 5.50. The molecule has 0 aliphatic carbocycles. The first-order valence-electron chi connectivity index (χ1n) is 7.64. The molecule has 0 aliphatic heterocycles. The summed E-state index contributed by atoms with van der Waals surface area (Å²) in [6.07, 6.45) is 3.59. The number of amides is 1. The number of aromatic nitrogens is 2. The zero-order valence-corrected chi connectivity index (χ0v) is 13.7. The van der Waals surface area contributed by atoms with Gasteiger partial charge < -0.3 is 14.1 Å². The van der Waals surface area contributed by atoms with Crippen molar-refractivity contribution in [3.05, 3.63) is 66.4 Å². The number of nitrogens with zero attached hydrogens (tertiary/aromatic N) is 3. The summed E-state index contributed by atoms with van der Waals surface area (Å²) in [5.41, 5.74) is 0.934. The highest BCUT2D eigenvalue weighted by Gasteiger charge is 2.12. The van der Waals surface area contributed by atoms with E-state index < -0.39 is 0 Å². The summed E-state index contributed by atoms with van der Waals surface area (Å²) < 4.78 is 12.8. The van der Waals surface area contributed by atoms with E-state index in [-0.39, 0.29) is 12.5 Å². The van der Waals surface area contributed by atoms with Crippen LogP contribution in [0, 0.1) is 6.92 Å². The van der Waals surface area contributed by atoms with Gasteiger partial charge in [0.1, 0.15) is 17.3 Å². The van der Waals surface area contributed by atoms with Gasteiger partial charge in [0.15, 0.2) is 6.61 Å². The smallest absolute Gasteiger partial charge is 0.260 e. The van der Waals surface area contributed by atoms with Gasteiger partial charge in [0.05, 0.1) is 12.2 Å². The standard InChI is InChI=1S/C18H19N3O3/c1-14-4-7-17(24-14)12-20(2)18(22)13-23-16-8-5-15(6-9-16)21-11-3-10-19-21/h3-11H,12-13H2,1-2H3. The van der Waals surface area contributed by atoms with Gasteiger partial charge in [-0.25, -0.2) is 4.68 Å². The molecule has 0 saturated carbocycles. The van der Waals surface area contributed by atoms with Crippen LogP contribution in [-0.4, -0.2) is 34.2 Å². The summed E-state index contributed by atoms with van der Waals surface area (Å²) in [6, 6.07) is 13.0. The average Bonchev–Trinajstić information content (AvgIpc) is 3.25. The second kappa shape index (κ2) is 7.04. The first-order chi connectivity index (χ1) is 11.6. The molecule has 1 amide bonds. The largest absolute Gasteiger partial charge is 0.484 e. The van der Waals surface area contributed by atoms with Crippen LogP contribution in [-0.2, 0) is 11.3 Å². The lowest BCUT2D eigenvalue weighted by Gasteiger charge is -2.16. The zero-order chi connectivity index (χ0) is 16.9. The molecule has 0 fully saturated rings. The molecular weight excluding hydrogens is 306 g/mol. The van der Waals surface area contributed by atoms with Crippen molar-refractivity contribution < 1.29 is 13.9 Å². The fourth-order valence-corrected chi connectivity index (χ4v) is 2.26. The number of ether oxygens (including phenoxy) is 1. The van der Waals surface area contributed by atoms with Gasteiger partial charge in [-0.2, -0.15) is 5.10 Å². The van der Waals surface area contributed by atoms with Crippen LogP contribution < -0.4 is 4.74 Å². The molecule has 0 radical (unpaired) electrons. The Morgan fingerprint density at radius 2 is 2.04 bits per heavy atom. The highest BCUT2D eigenvalue weighted by Crippen LogP contribution is 2.15. The van der Waals surface area contributed by atoms with Gasteiger partial charge in [-0.1, -0.05) is 0 Å². The van der Waals surface area contributed by atoms with Crippen LogP contribution in [0.25, 0.3) is 5.69 Å². The Balaban J connectivity index is 1.52. The molecule has 0 unspecified atom stereocenters. The molecule has 3 aromatic rings. The average molecular weight is 325 g/mol. The molecule has 0 bridgehead atoms. The molecule has 24 heavy (non-hydrogen) atoms. The lowest BCUT2D eigenvalue weighted by molar-refractivity contribution is -0.132. The summed E-state index contributed by atoms with van der Waals surface area (Å²) in [6.45, 7) is 2.28. The maximum atomic E-state index is 12.1. The van der Waals surface area contributed by atoms with Gasteiger partial charge in [-0.15, -0.1) is 0 Å². The first-order valence-corrected chi connectivity index (χ1v) is 7.64. The van der Waals surface area contributed by atoms with Crippen LogP contribution in [0.1, 0.15) is 11.5 Å². The first kappa shape index (κ1) is 15.9. The third-order valence-electron chi connectivity index (χ3n) is 3.58. The molecule has 2 aromatic heterocycles. The molecule has 1 aromatic carbocycles. The number of aryl methyl sites for hydroxylation is 1. The zero-order valence-electron chi connectivity index (χ0n) is 13.7. The Kier molecular flexibility index (Phi) is 4.65. The highest BCUT2D eigenvalue weighted by molar-refractivity contribution is 5.77. The summed E-state index contributed by atoms with van der Waals surface area (Å²) in [5, 5.41) is 4.16. The van der Waals surface area contributed by atoms with Gasteiger partial charge in [0, 0.05) is 19.4 Å². The highest BCUT2D eigenvalue weighted by atomic mass is 16.5. The van der Waals surface area contributed by atoms with Crippen molar-refractivity contribution in [3.63, 3.8) is 0 Å². The van der Waals surface area contributed by atoms with Crippen LogP contribution >= 0.6 is 0 Å². The van der Waals surface area contributed by atoms with Crippen molar-refractivity contribution in [1.29, 1.82) is 0 Å². The van der Waals surface area contributed by atoms with E-state index in [9.17, 15) is 4.79 Å². The summed E-state index contributed by atoms with van der Waals surface area (Å²) >= 11 is 0. The van der Waals surface area contributed by atoms with Gasteiger partial charge in [0.2, 0.25) is 0 Å². The molecule has 6 nitrogen and oxygen atoms in total. The second-order valence-corrected chi connectivity index (χ2v) is 5.50. The Hall–Kier alpha value is -3.02. The van der Waals surface area contributed by atoms with Crippen molar-refractivity contribution in [1.82, 2.24) is 14.7 Å². The quantitative estimate of drug-likeness (QED) is 0.699. The van der Waals surface area contributed by atoms with E-state index in [0.717, 1.165) is 17.2 Å². The number of hydrogen-bond acceptors (Lipinski definition) is 4. The number of rotatable bonds is 6. The maximum absolute atomic E-state index is 12.1. The molecule has 0 saturated heterocycles. The van der Waals surface area contributed by atoms with Gasteiger partial charge >= 0.3 is 0 Å². The topological polar surface area (TPSA) is 60.5 Å². The number of furan rings is 1. The molecule has 3 rings (SSSR count). The Bertz CT molecular complexity index is 791. The number of hydrogen-bond donors (Lipinski definition) is 0. The van der Waals surface area contributed by atoms with Gasteiger partial charge in [-0.05, 0) is 49.4 Å². The molecular formula is C18H19N3O3. The van der Waals surface area contributed by atoms with Crippen LogP contribution in [0.3, 0.4) is 0 Å². The monoisotopic (exact) mass is 325 g/mol. The third-order valence-corrected chi connectivity index (χ3v) is 3.58. The number of benzene rings is 1. The minimum Gasteiger partial charge on any atom is -0.484 e. The van der Waals surface area contributed by atoms with E-state index in [1.165, 1.54) is 0 Å². The predicted octanol–water partition coefficient (Wildman–Crippen LogP) is 2.81. The van der Waals surface area contributed by atoms with E-state index in [1.54, 1.807) is 22.8 Å². The summed E-state index contributed by atoms with van der Waals surface area (Å²) in [7, 11) is 1.73. The SMILES string of the molecule is Cc1ccc(CN(C)C(=O)COc2ccc(-n3cccn3)cc2)o1. The van der Waals surface area contributed by atoms with E-state index in [4.69, 9.17) is 9.15 Å². The predicted molar refractivity (Wildman–Crippen MR) is 89.0 cm³/mol. The van der Waals surface area contributed by atoms with Crippen molar-refractivity contribution >= 4 is 5.91 Å². The number of carbonyl (C=O) groups excluding carboxylic acids is 1. The molecule has 0 spiro atoms. The van der Waals surface area contributed by atoms with Gasteiger partial charge in [0.25, 0.3) is 5.91 Å². The summed E-state index contributed by atoms with van der Waals surface area (Å²) in [5.74, 6) is 2.12. The minimum atomic E-state index is -0.111. The van der Waals surface area contributed by atoms with E-state index >= 15 is 0 Å². The summed E-state index contributed by atoms with van der Waals surface area (Å²) in [4.78, 5) is 13.7. The molecule has 124 valence electrons. The fourth-order valence-electron chi connectivity index (χ4n) is 2.26. The minimum absolute atomic E-state index is 0.0166. The molecule has 0 atom stereocenters. The lowest BCUT2D eigenvalue weighted by Crippen LogP contribution is -2.30.